The standard InChI is InChI=1S/C23H24N6O3/c1-27-21(15-9-25-29(12-15)16-3-4-16)18(10-24-27)13-2-5-17-14(8-13)11-28(23(17)32)19-6-7-20(30)26-22(19)31/h2,5,8-10,12,16,18-19,21H,3-4,6-7,11H2,1H3,(H,26,30,31). The number of hydrazone groups is 1. The molecular weight excluding hydrogens is 408 g/mol. The summed E-state index contributed by atoms with van der Waals surface area (Å²) in [5, 5.41) is 13.4. The Morgan fingerprint density at radius 2 is 1.94 bits per heavy atom. The molecule has 2 aromatic rings. The molecule has 1 N–H and O–H groups in total. The number of amides is 3. The summed E-state index contributed by atoms with van der Waals surface area (Å²) in [4.78, 5) is 38.3. The van der Waals surface area contributed by atoms with Crippen molar-refractivity contribution in [1.29, 1.82) is 0 Å². The van der Waals surface area contributed by atoms with Crippen LogP contribution >= 0.6 is 0 Å². The number of carbonyl (C=O) groups is 3. The molecule has 1 saturated carbocycles. The molecule has 3 aliphatic heterocycles. The number of piperidine rings is 1. The minimum absolute atomic E-state index is 0.0434. The van der Waals surface area contributed by atoms with E-state index in [2.05, 4.69) is 32.5 Å². The van der Waals surface area contributed by atoms with E-state index in [4.69, 9.17) is 0 Å². The van der Waals surface area contributed by atoms with Gasteiger partial charge in [-0.2, -0.15) is 10.2 Å². The topological polar surface area (TPSA) is 99.9 Å². The lowest BCUT2D eigenvalue weighted by atomic mass is 9.88. The zero-order chi connectivity index (χ0) is 22.0. The van der Waals surface area contributed by atoms with Crippen molar-refractivity contribution in [2.45, 2.75) is 56.3 Å². The van der Waals surface area contributed by atoms with E-state index in [9.17, 15) is 14.4 Å². The third kappa shape index (κ3) is 3.03. The summed E-state index contributed by atoms with van der Waals surface area (Å²) in [5.74, 6) is -0.777. The number of carbonyl (C=O) groups excluding carboxylic acids is 3. The molecule has 1 saturated heterocycles. The van der Waals surface area contributed by atoms with Gasteiger partial charge in [-0.15, -0.1) is 0 Å². The highest BCUT2D eigenvalue weighted by Gasteiger charge is 2.40. The SMILES string of the molecule is CN1N=CC(c2ccc3c(c2)CN(C2CCC(=O)NC2=O)C3=O)C1c1cnn(C2CC2)c1. The van der Waals surface area contributed by atoms with E-state index in [0.29, 0.717) is 24.6 Å². The van der Waals surface area contributed by atoms with Gasteiger partial charge in [0.2, 0.25) is 11.8 Å². The highest BCUT2D eigenvalue weighted by Crippen LogP contribution is 2.41. The number of benzene rings is 1. The lowest BCUT2D eigenvalue weighted by molar-refractivity contribution is -0.136. The van der Waals surface area contributed by atoms with E-state index < -0.39 is 6.04 Å². The summed E-state index contributed by atoms with van der Waals surface area (Å²) in [6.45, 7) is 0.373. The minimum Gasteiger partial charge on any atom is -0.322 e. The number of imide groups is 1. The van der Waals surface area contributed by atoms with Crippen LogP contribution in [0.4, 0.5) is 0 Å². The van der Waals surface area contributed by atoms with Crippen LogP contribution in [0.25, 0.3) is 0 Å². The third-order valence-corrected chi connectivity index (χ3v) is 6.97. The van der Waals surface area contributed by atoms with E-state index in [0.717, 1.165) is 16.7 Å². The van der Waals surface area contributed by atoms with Crippen LogP contribution in [-0.2, 0) is 16.1 Å². The van der Waals surface area contributed by atoms with Gasteiger partial charge in [0.05, 0.1) is 18.3 Å². The van der Waals surface area contributed by atoms with E-state index in [1.54, 1.807) is 4.90 Å². The van der Waals surface area contributed by atoms with Gasteiger partial charge < -0.3 is 4.90 Å². The Bertz CT molecular complexity index is 1170. The summed E-state index contributed by atoms with van der Waals surface area (Å²) in [7, 11) is 1.97. The first-order valence-electron chi connectivity index (χ1n) is 11.1. The van der Waals surface area contributed by atoms with E-state index in [1.807, 2.05) is 36.6 Å². The number of hydrogen-bond donors (Lipinski definition) is 1. The lowest BCUT2D eigenvalue weighted by Gasteiger charge is -2.29. The van der Waals surface area contributed by atoms with Crippen molar-refractivity contribution < 1.29 is 14.4 Å². The van der Waals surface area contributed by atoms with E-state index in [1.165, 1.54) is 12.8 Å². The van der Waals surface area contributed by atoms with Gasteiger partial charge >= 0.3 is 0 Å². The van der Waals surface area contributed by atoms with Crippen LogP contribution < -0.4 is 5.32 Å². The molecule has 32 heavy (non-hydrogen) atoms. The molecule has 9 heteroatoms. The number of nitrogens with zero attached hydrogens (tertiary/aromatic N) is 5. The molecule has 2 fully saturated rings. The first-order chi connectivity index (χ1) is 15.5. The predicted octanol–water partition coefficient (Wildman–Crippen LogP) is 1.74. The summed E-state index contributed by atoms with van der Waals surface area (Å²) in [6, 6.07) is 5.88. The summed E-state index contributed by atoms with van der Waals surface area (Å²) >= 11 is 0. The number of aromatic nitrogens is 2. The molecule has 3 unspecified atom stereocenters. The molecule has 1 aromatic heterocycles. The molecule has 1 aliphatic carbocycles. The van der Waals surface area contributed by atoms with Crippen LogP contribution in [0, 0.1) is 0 Å². The highest BCUT2D eigenvalue weighted by atomic mass is 16.2. The van der Waals surface area contributed by atoms with Gasteiger partial charge in [-0.1, -0.05) is 12.1 Å². The Hall–Kier alpha value is -3.49. The Labute approximate surface area is 185 Å². The maximum atomic E-state index is 13.0. The van der Waals surface area contributed by atoms with Gasteiger partial charge in [0.15, 0.2) is 0 Å². The first-order valence-corrected chi connectivity index (χ1v) is 11.1. The second kappa shape index (κ2) is 7.01. The highest BCUT2D eigenvalue weighted by molar-refractivity contribution is 6.05. The number of likely N-dealkylation sites (N-methyl/N-ethyl adjacent to an activating group) is 1. The second-order valence-corrected chi connectivity index (χ2v) is 9.11. The first kappa shape index (κ1) is 19.2. The van der Waals surface area contributed by atoms with Gasteiger partial charge in [-0.25, -0.2) is 0 Å². The predicted molar refractivity (Wildman–Crippen MR) is 115 cm³/mol. The van der Waals surface area contributed by atoms with Gasteiger partial charge in [-0.05, 0) is 36.5 Å². The second-order valence-electron chi connectivity index (χ2n) is 9.11. The van der Waals surface area contributed by atoms with Crippen molar-refractivity contribution in [3.05, 3.63) is 52.8 Å². The van der Waals surface area contributed by atoms with E-state index >= 15 is 0 Å². The molecule has 6 rings (SSSR count). The zero-order valence-corrected chi connectivity index (χ0v) is 17.8. The van der Waals surface area contributed by atoms with Crippen LogP contribution in [0.15, 0.2) is 35.7 Å². The number of fused-ring (bicyclic) bond motifs is 1. The quantitative estimate of drug-likeness (QED) is 0.742. The zero-order valence-electron chi connectivity index (χ0n) is 17.8. The average molecular weight is 432 g/mol. The molecule has 0 spiro atoms. The van der Waals surface area contributed by atoms with Crippen molar-refractivity contribution in [1.82, 2.24) is 25.0 Å². The van der Waals surface area contributed by atoms with Crippen molar-refractivity contribution in [2.75, 3.05) is 7.05 Å². The Morgan fingerprint density at radius 1 is 1.09 bits per heavy atom. The lowest BCUT2D eigenvalue weighted by Crippen LogP contribution is -2.52. The molecule has 4 heterocycles. The summed E-state index contributed by atoms with van der Waals surface area (Å²) in [5.41, 5.74) is 3.75. The Balaban J connectivity index is 1.27. The fraction of sp³-hybridized carbons (Fsp3) is 0.435. The monoisotopic (exact) mass is 432 g/mol. The van der Waals surface area contributed by atoms with Crippen LogP contribution in [-0.4, -0.2) is 56.7 Å². The van der Waals surface area contributed by atoms with Crippen molar-refractivity contribution in [3.63, 3.8) is 0 Å². The van der Waals surface area contributed by atoms with E-state index in [-0.39, 0.29) is 36.1 Å². The number of nitrogens with one attached hydrogen (secondary N) is 1. The van der Waals surface area contributed by atoms with Crippen molar-refractivity contribution in [3.8, 4) is 0 Å². The smallest absolute Gasteiger partial charge is 0.255 e. The van der Waals surface area contributed by atoms with Crippen LogP contribution in [0.3, 0.4) is 0 Å². The molecule has 3 amide bonds. The largest absolute Gasteiger partial charge is 0.322 e. The van der Waals surface area contributed by atoms with Crippen LogP contribution in [0.1, 0.15) is 70.7 Å². The third-order valence-electron chi connectivity index (χ3n) is 6.97. The summed E-state index contributed by atoms with van der Waals surface area (Å²) < 4.78 is 2.05. The fourth-order valence-corrected chi connectivity index (χ4v) is 5.10. The molecule has 0 radical (unpaired) electrons. The van der Waals surface area contributed by atoms with Gasteiger partial charge in [0, 0.05) is 49.5 Å². The Morgan fingerprint density at radius 3 is 2.72 bits per heavy atom. The molecule has 0 bridgehead atoms. The molecule has 9 nitrogen and oxygen atoms in total. The molecule has 4 aliphatic rings. The maximum absolute atomic E-state index is 13.0. The number of hydrogen-bond acceptors (Lipinski definition) is 6. The van der Waals surface area contributed by atoms with Crippen LogP contribution in [0.5, 0.6) is 0 Å². The normalized spacial score (nSPS) is 27.3. The minimum atomic E-state index is -0.601. The van der Waals surface area contributed by atoms with Gasteiger partial charge in [0.25, 0.3) is 5.91 Å². The maximum Gasteiger partial charge on any atom is 0.255 e. The number of rotatable bonds is 4. The van der Waals surface area contributed by atoms with Crippen molar-refractivity contribution in [2.24, 2.45) is 5.10 Å². The summed E-state index contributed by atoms with van der Waals surface area (Å²) in [6.07, 6.45) is 9.00. The van der Waals surface area contributed by atoms with Crippen LogP contribution in [0.2, 0.25) is 0 Å². The average Bonchev–Trinajstić information content (AvgIpc) is 3.24. The molecule has 1 aromatic carbocycles. The Kier molecular flexibility index (Phi) is 4.21. The molecule has 164 valence electrons. The van der Waals surface area contributed by atoms with Crippen molar-refractivity contribution >= 4 is 23.9 Å². The van der Waals surface area contributed by atoms with Gasteiger partial charge in [0.1, 0.15) is 6.04 Å². The molecular formula is C23H24N6O3. The van der Waals surface area contributed by atoms with Gasteiger partial charge in [-0.3, -0.25) is 29.4 Å². The molecule has 3 atom stereocenters. The fourth-order valence-electron chi connectivity index (χ4n) is 5.10.